The number of para-hydroxylation sites is 3. The monoisotopic (exact) mass is 485 g/mol. The van der Waals surface area contributed by atoms with Gasteiger partial charge in [-0.2, -0.15) is 10.2 Å². The van der Waals surface area contributed by atoms with Gasteiger partial charge in [-0.05, 0) is 66.6 Å². The molecule has 0 amide bonds. The topological polar surface area (TPSA) is 65.8 Å². The quantitative estimate of drug-likeness (QED) is 0.305. The highest BCUT2D eigenvalue weighted by atomic mass is 19.1. The average Bonchev–Trinajstić information content (AvgIpc) is 3.66. The van der Waals surface area contributed by atoms with Crippen molar-refractivity contribution in [3.05, 3.63) is 115 Å². The van der Waals surface area contributed by atoms with Gasteiger partial charge in [-0.3, -0.25) is 4.40 Å². The SMILES string of the molecule is Cc1nn(-c2ccccc2)c(-n2cncn2)c1-c1cc(-c2ccc(F)cc2)cc2nc3ccccc3n12. The maximum Gasteiger partial charge on any atom is 0.168 e. The molecule has 0 spiro atoms. The molecule has 0 aliphatic carbocycles. The minimum Gasteiger partial charge on any atom is -0.292 e. The molecular formula is C29H20FN7. The second-order valence-electron chi connectivity index (χ2n) is 8.80. The Bertz CT molecular complexity index is 1880. The first-order valence-corrected chi connectivity index (χ1v) is 11.8. The van der Waals surface area contributed by atoms with Gasteiger partial charge in [0.05, 0.1) is 33.7 Å². The predicted molar refractivity (Wildman–Crippen MR) is 140 cm³/mol. The molecule has 178 valence electrons. The van der Waals surface area contributed by atoms with Crippen molar-refractivity contribution in [1.29, 1.82) is 0 Å². The molecule has 0 saturated heterocycles. The lowest BCUT2D eigenvalue weighted by atomic mass is 10.0. The normalized spacial score (nSPS) is 11.5. The van der Waals surface area contributed by atoms with E-state index in [1.165, 1.54) is 18.5 Å². The lowest BCUT2D eigenvalue weighted by Crippen LogP contribution is -2.07. The third-order valence-electron chi connectivity index (χ3n) is 6.51. The fourth-order valence-electron chi connectivity index (χ4n) is 4.87. The summed E-state index contributed by atoms with van der Waals surface area (Å²) in [6, 6.07) is 28.6. The molecule has 7 rings (SSSR count). The number of hydrogen-bond donors (Lipinski definition) is 0. The molecule has 8 heteroatoms. The van der Waals surface area contributed by atoms with E-state index in [0.29, 0.717) is 0 Å². The summed E-state index contributed by atoms with van der Waals surface area (Å²) in [6.45, 7) is 1.99. The first-order chi connectivity index (χ1) is 18.2. The lowest BCUT2D eigenvalue weighted by Gasteiger charge is -2.13. The van der Waals surface area contributed by atoms with Crippen LogP contribution in [0.3, 0.4) is 0 Å². The Hall–Kier alpha value is -5.11. The number of aryl methyl sites for hydroxylation is 1. The Kier molecular flexibility index (Phi) is 4.72. The molecule has 0 radical (unpaired) electrons. The van der Waals surface area contributed by atoms with E-state index >= 15 is 0 Å². The molecule has 4 heterocycles. The summed E-state index contributed by atoms with van der Waals surface area (Å²) in [5, 5.41) is 9.41. The Morgan fingerprint density at radius 2 is 1.59 bits per heavy atom. The van der Waals surface area contributed by atoms with E-state index in [1.54, 1.807) is 23.1 Å². The number of benzene rings is 3. The van der Waals surface area contributed by atoms with Crippen molar-refractivity contribution in [2.24, 2.45) is 0 Å². The third kappa shape index (κ3) is 3.41. The molecule has 7 nitrogen and oxygen atoms in total. The molecule has 0 fully saturated rings. The largest absolute Gasteiger partial charge is 0.292 e. The molecule has 7 aromatic rings. The number of halogens is 1. The van der Waals surface area contributed by atoms with Crippen molar-refractivity contribution in [2.45, 2.75) is 6.92 Å². The maximum absolute atomic E-state index is 13.7. The van der Waals surface area contributed by atoms with Crippen LogP contribution in [0.25, 0.3) is 50.6 Å². The number of fused-ring (bicyclic) bond motifs is 3. The lowest BCUT2D eigenvalue weighted by molar-refractivity contribution is 0.628. The van der Waals surface area contributed by atoms with Gasteiger partial charge in [-0.15, -0.1) is 0 Å². The van der Waals surface area contributed by atoms with Crippen LogP contribution < -0.4 is 0 Å². The predicted octanol–water partition coefficient (Wildman–Crippen LogP) is 6.04. The van der Waals surface area contributed by atoms with Crippen LogP contribution in [0.15, 0.2) is 104 Å². The van der Waals surface area contributed by atoms with Crippen LogP contribution in [0.5, 0.6) is 0 Å². The van der Waals surface area contributed by atoms with Crippen molar-refractivity contribution in [2.75, 3.05) is 0 Å². The second kappa shape index (κ2) is 8.23. The minimum absolute atomic E-state index is 0.273. The Morgan fingerprint density at radius 3 is 2.38 bits per heavy atom. The highest BCUT2D eigenvalue weighted by Crippen LogP contribution is 2.37. The Labute approximate surface area is 211 Å². The molecule has 0 aliphatic rings. The first kappa shape index (κ1) is 21.2. The minimum atomic E-state index is -0.273. The molecule has 0 unspecified atom stereocenters. The Morgan fingerprint density at radius 1 is 0.811 bits per heavy atom. The van der Waals surface area contributed by atoms with Crippen molar-refractivity contribution in [3.8, 4) is 33.9 Å². The van der Waals surface area contributed by atoms with Crippen LogP contribution in [-0.4, -0.2) is 33.9 Å². The van der Waals surface area contributed by atoms with Crippen LogP contribution in [0, 0.1) is 12.7 Å². The molecule has 0 saturated carbocycles. The summed E-state index contributed by atoms with van der Waals surface area (Å²) in [5.41, 5.74) is 8.00. The number of pyridine rings is 1. The van der Waals surface area contributed by atoms with E-state index in [9.17, 15) is 4.39 Å². The van der Waals surface area contributed by atoms with Crippen LogP contribution in [0.1, 0.15) is 5.69 Å². The zero-order valence-electron chi connectivity index (χ0n) is 19.8. The molecule has 3 aromatic carbocycles. The van der Waals surface area contributed by atoms with E-state index in [-0.39, 0.29) is 5.82 Å². The number of rotatable bonds is 4. The Balaban J connectivity index is 1.61. The summed E-state index contributed by atoms with van der Waals surface area (Å²) < 4.78 is 19.5. The van der Waals surface area contributed by atoms with E-state index in [2.05, 4.69) is 26.6 Å². The molecule has 0 N–H and O–H groups in total. The summed E-state index contributed by atoms with van der Waals surface area (Å²) in [7, 11) is 0. The van der Waals surface area contributed by atoms with E-state index in [4.69, 9.17) is 10.1 Å². The fraction of sp³-hybridized carbons (Fsp3) is 0.0345. The number of imidazole rings is 1. The summed E-state index contributed by atoms with van der Waals surface area (Å²) in [5.74, 6) is 0.488. The van der Waals surface area contributed by atoms with Gasteiger partial charge in [0.25, 0.3) is 0 Å². The first-order valence-electron chi connectivity index (χ1n) is 11.8. The van der Waals surface area contributed by atoms with E-state index < -0.39 is 0 Å². The fourth-order valence-corrected chi connectivity index (χ4v) is 4.87. The van der Waals surface area contributed by atoms with Gasteiger partial charge in [-0.1, -0.05) is 42.5 Å². The standard InChI is InChI=1S/C29H20FN7/c1-19-28(29(35-18-31-17-32-35)37(34-19)23-7-3-2-4-8-23)26-15-21(20-11-13-22(30)14-12-20)16-27-33-24-9-5-6-10-25(24)36(26)27/h2-18H,1H3. The van der Waals surface area contributed by atoms with Gasteiger partial charge in [-0.25, -0.2) is 23.7 Å². The van der Waals surface area contributed by atoms with Gasteiger partial charge in [0.1, 0.15) is 24.1 Å². The van der Waals surface area contributed by atoms with Crippen molar-refractivity contribution < 1.29 is 4.39 Å². The van der Waals surface area contributed by atoms with Crippen LogP contribution >= 0.6 is 0 Å². The van der Waals surface area contributed by atoms with Gasteiger partial charge < -0.3 is 0 Å². The molecule has 0 atom stereocenters. The van der Waals surface area contributed by atoms with Gasteiger partial charge >= 0.3 is 0 Å². The molecule has 0 bridgehead atoms. The highest BCUT2D eigenvalue weighted by Gasteiger charge is 2.24. The number of hydrogen-bond acceptors (Lipinski definition) is 4. The van der Waals surface area contributed by atoms with Crippen LogP contribution in [0.4, 0.5) is 4.39 Å². The van der Waals surface area contributed by atoms with E-state index in [1.807, 2.05) is 66.2 Å². The number of aromatic nitrogens is 7. The van der Waals surface area contributed by atoms with Gasteiger partial charge in [0.15, 0.2) is 5.82 Å². The summed E-state index contributed by atoms with van der Waals surface area (Å²) in [6.07, 6.45) is 3.19. The van der Waals surface area contributed by atoms with Crippen LogP contribution in [-0.2, 0) is 0 Å². The van der Waals surface area contributed by atoms with E-state index in [0.717, 1.165) is 56.3 Å². The summed E-state index contributed by atoms with van der Waals surface area (Å²) >= 11 is 0. The van der Waals surface area contributed by atoms with Crippen molar-refractivity contribution in [1.82, 2.24) is 33.9 Å². The molecule has 0 aliphatic heterocycles. The zero-order valence-corrected chi connectivity index (χ0v) is 19.8. The number of nitrogens with zero attached hydrogens (tertiary/aromatic N) is 7. The van der Waals surface area contributed by atoms with Crippen LogP contribution in [0.2, 0.25) is 0 Å². The summed E-state index contributed by atoms with van der Waals surface area (Å²) in [4.78, 5) is 9.13. The molecule has 4 aromatic heterocycles. The maximum atomic E-state index is 13.7. The highest BCUT2D eigenvalue weighted by molar-refractivity contribution is 5.88. The van der Waals surface area contributed by atoms with Gasteiger partial charge in [0.2, 0.25) is 0 Å². The van der Waals surface area contributed by atoms with Crippen molar-refractivity contribution >= 4 is 16.7 Å². The third-order valence-corrected chi connectivity index (χ3v) is 6.51. The smallest absolute Gasteiger partial charge is 0.168 e. The van der Waals surface area contributed by atoms with Crippen molar-refractivity contribution in [3.63, 3.8) is 0 Å². The van der Waals surface area contributed by atoms with Gasteiger partial charge in [0, 0.05) is 0 Å². The zero-order chi connectivity index (χ0) is 24.9. The second-order valence-corrected chi connectivity index (χ2v) is 8.80. The molecular weight excluding hydrogens is 465 g/mol. The average molecular weight is 486 g/mol. The molecule has 37 heavy (non-hydrogen) atoms.